The summed E-state index contributed by atoms with van der Waals surface area (Å²) in [5.41, 5.74) is 24.2. The number of aromatic nitrogens is 8. The Morgan fingerprint density at radius 3 is 1.67 bits per heavy atom. The maximum absolute atomic E-state index is 11.7. The van der Waals surface area contributed by atoms with Gasteiger partial charge in [-0.2, -0.15) is 10.2 Å². The summed E-state index contributed by atoms with van der Waals surface area (Å²) in [6.45, 7) is 11.4. The quantitative estimate of drug-likeness (QED) is 0.0726. The molecular formula is C34H42Cl2N12O4S2. The molecule has 4 heterocycles. The summed E-state index contributed by atoms with van der Waals surface area (Å²) in [5, 5.41) is 11.7. The molecule has 0 fully saturated rings. The fourth-order valence-corrected chi connectivity index (χ4v) is 7.04. The number of halogens is 2. The van der Waals surface area contributed by atoms with Crippen LogP contribution in [0, 0.1) is 0 Å². The van der Waals surface area contributed by atoms with Crippen LogP contribution < -0.4 is 21.9 Å². The molecule has 0 aliphatic heterocycles. The molecule has 7 N–H and O–H groups in total. The molecule has 20 heteroatoms. The van der Waals surface area contributed by atoms with Gasteiger partial charge in [-0.3, -0.25) is 4.72 Å². The molecule has 0 atom stereocenters. The Hall–Kier alpha value is -5.04. The number of nitrogens with zero attached hydrogens (tertiary/aromatic N) is 8. The van der Waals surface area contributed by atoms with E-state index in [1.807, 2.05) is 53.5 Å². The van der Waals surface area contributed by atoms with Crippen molar-refractivity contribution >= 4 is 86.4 Å². The first-order valence-corrected chi connectivity index (χ1v) is 21.0. The van der Waals surface area contributed by atoms with Gasteiger partial charge in [0, 0.05) is 58.3 Å². The molecule has 4 aromatic heterocycles. The first-order valence-electron chi connectivity index (χ1n) is 16.4. The van der Waals surface area contributed by atoms with Gasteiger partial charge < -0.3 is 17.2 Å². The van der Waals surface area contributed by atoms with Crippen molar-refractivity contribution in [3.8, 4) is 0 Å². The van der Waals surface area contributed by atoms with Gasteiger partial charge in [-0.25, -0.2) is 46.1 Å². The minimum atomic E-state index is -3.56. The third-order valence-corrected chi connectivity index (χ3v) is 10.1. The van der Waals surface area contributed by atoms with Gasteiger partial charge in [0.25, 0.3) is 10.0 Å². The number of hydrogen-bond donors (Lipinski definition) is 4. The summed E-state index contributed by atoms with van der Waals surface area (Å²) in [4.78, 5) is 16.8. The average molecular weight is 818 g/mol. The summed E-state index contributed by atoms with van der Waals surface area (Å²) in [6, 6.07) is 15.2. The van der Waals surface area contributed by atoms with E-state index < -0.39 is 19.1 Å². The number of hydrogen-bond acceptors (Lipinski definition) is 13. The Morgan fingerprint density at radius 1 is 0.778 bits per heavy atom. The highest BCUT2D eigenvalue weighted by Crippen LogP contribution is 2.28. The van der Waals surface area contributed by atoms with Gasteiger partial charge in [0.1, 0.15) is 24.3 Å². The van der Waals surface area contributed by atoms with E-state index in [0.29, 0.717) is 35.8 Å². The molecule has 0 radical (unpaired) electrons. The standard InChI is InChI=1S/C17H20N6O2S.C15H18N6.C2H4Cl2O2S/c1-4-26(24,25)22-13-7-5-6-12(8-13)9-14-15-16(18)19-10-20-17(15)23(21-14)11(2)3;1-9(2)21-15-13(14(17)18-8-19-15)12(20-21)7-10-4-3-5-11(16)6-10;3-1-2-7(4,5)6/h4-8,10-11,22H,1,9H2,2-3H3,(H2,18,19,20);3-6,8-9H,7,16H2,1-2H3,(H2,17,18,19);1-2H2. The average Bonchev–Trinajstić information content (AvgIpc) is 3.65. The zero-order chi connectivity index (χ0) is 39.8. The van der Waals surface area contributed by atoms with Crippen molar-refractivity contribution in [2.24, 2.45) is 0 Å². The predicted octanol–water partition coefficient (Wildman–Crippen LogP) is 5.42. The van der Waals surface area contributed by atoms with Gasteiger partial charge in [0.15, 0.2) is 11.3 Å². The summed E-state index contributed by atoms with van der Waals surface area (Å²) in [5.74, 6) is 0.744. The highest BCUT2D eigenvalue weighted by Gasteiger charge is 2.19. The van der Waals surface area contributed by atoms with E-state index in [-0.39, 0.29) is 23.7 Å². The molecule has 0 saturated carbocycles. The van der Waals surface area contributed by atoms with Gasteiger partial charge in [-0.05, 0) is 63.1 Å². The van der Waals surface area contributed by atoms with Crippen molar-refractivity contribution in [1.29, 1.82) is 0 Å². The van der Waals surface area contributed by atoms with E-state index in [1.54, 1.807) is 18.2 Å². The highest BCUT2D eigenvalue weighted by molar-refractivity contribution is 8.13. The first-order chi connectivity index (χ1) is 25.4. The maximum Gasteiger partial charge on any atom is 0.254 e. The molecule has 6 rings (SSSR count). The molecular weight excluding hydrogens is 775 g/mol. The minimum Gasteiger partial charge on any atom is -0.399 e. The van der Waals surface area contributed by atoms with E-state index >= 15 is 0 Å². The van der Waals surface area contributed by atoms with Gasteiger partial charge in [-0.1, -0.05) is 30.8 Å². The minimum absolute atomic E-state index is 0.0613. The lowest BCUT2D eigenvalue weighted by molar-refractivity contribution is 0.541. The second-order valence-electron chi connectivity index (χ2n) is 12.4. The molecule has 54 heavy (non-hydrogen) atoms. The normalized spacial score (nSPS) is 11.6. The van der Waals surface area contributed by atoms with Gasteiger partial charge in [0.05, 0.1) is 27.9 Å². The molecule has 0 amide bonds. The molecule has 0 unspecified atom stereocenters. The van der Waals surface area contributed by atoms with E-state index in [1.165, 1.54) is 12.7 Å². The van der Waals surface area contributed by atoms with Crippen molar-refractivity contribution in [3.05, 3.63) is 95.7 Å². The molecule has 0 saturated heterocycles. The van der Waals surface area contributed by atoms with Crippen molar-refractivity contribution < 1.29 is 16.8 Å². The van der Waals surface area contributed by atoms with Crippen LogP contribution >= 0.6 is 22.3 Å². The fraction of sp³-hybridized carbons (Fsp3) is 0.294. The molecule has 6 aromatic rings. The van der Waals surface area contributed by atoms with E-state index in [4.69, 9.17) is 39.5 Å². The SMILES string of the molecule is C=CS(=O)(=O)Nc1cccc(Cc2nn(C(C)C)c3ncnc(N)c23)c1.CC(C)n1nc(Cc2cccc(N)c2)c2c(N)ncnc21.O=S(=O)(Cl)CCCl. The summed E-state index contributed by atoms with van der Waals surface area (Å²) < 4.78 is 49.3. The third-order valence-electron chi connectivity index (χ3n) is 7.58. The molecule has 0 spiro atoms. The topological polar surface area (TPSA) is 246 Å². The van der Waals surface area contributed by atoms with E-state index in [2.05, 4.69) is 55.3 Å². The summed E-state index contributed by atoms with van der Waals surface area (Å²) in [7, 11) is -2.17. The lowest BCUT2D eigenvalue weighted by Crippen LogP contribution is -2.08. The number of nitrogens with one attached hydrogen (secondary N) is 1. The number of anilines is 4. The van der Waals surface area contributed by atoms with Crippen LogP contribution in [0.2, 0.25) is 0 Å². The Bertz CT molecular complexity index is 2470. The number of fused-ring (bicyclic) bond motifs is 2. The van der Waals surface area contributed by atoms with Gasteiger partial charge in [0.2, 0.25) is 9.05 Å². The van der Waals surface area contributed by atoms with Crippen molar-refractivity contribution in [2.45, 2.75) is 52.6 Å². The van der Waals surface area contributed by atoms with Crippen molar-refractivity contribution in [2.75, 3.05) is 33.6 Å². The molecule has 0 bridgehead atoms. The van der Waals surface area contributed by atoms with Crippen LogP contribution in [-0.4, -0.2) is 68.0 Å². The molecule has 288 valence electrons. The third kappa shape index (κ3) is 11.0. The lowest BCUT2D eigenvalue weighted by atomic mass is 10.1. The Labute approximate surface area is 323 Å². The number of alkyl halides is 1. The zero-order valence-electron chi connectivity index (χ0n) is 30.1. The second kappa shape index (κ2) is 17.9. The van der Waals surface area contributed by atoms with Crippen molar-refractivity contribution in [1.82, 2.24) is 39.5 Å². The smallest absolute Gasteiger partial charge is 0.254 e. The number of benzene rings is 2. The highest BCUT2D eigenvalue weighted by atomic mass is 35.7. The van der Waals surface area contributed by atoms with Crippen LogP contribution in [0.1, 0.15) is 62.3 Å². The second-order valence-corrected chi connectivity index (χ2v) is 17.3. The fourth-order valence-electron chi connectivity index (χ4n) is 5.24. The van der Waals surface area contributed by atoms with Crippen LogP contribution in [0.5, 0.6) is 0 Å². The monoisotopic (exact) mass is 816 g/mol. The maximum atomic E-state index is 11.7. The predicted molar refractivity (Wildman–Crippen MR) is 216 cm³/mol. The summed E-state index contributed by atoms with van der Waals surface area (Å²) in [6.07, 6.45) is 4.02. The van der Waals surface area contributed by atoms with Crippen LogP contribution in [0.25, 0.3) is 22.1 Å². The Kier molecular flexibility index (Phi) is 13.8. The van der Waals surface area contributed by atoms with E-state index in [0.717, 1.165) is 50.0 Å². The van der Waals surface area contributed by atoms with Crippen molar-refractivity contribution in [3.63, 3.8) is 0 Å². The molecule has 0 aliphatic carbocycles. The Balaban J connectivity index is 0.000000208. The molecule has 2 aromatic carbocycles. The van der Waals surface area contributed by atoms with E-state index in [9.17, 15) is 16.8 Å². The van der Waals surface area contributed by atoms with Crippen LogP contribution in [0.4, 0.5) is 23.0 Å². The van der Waals surface area contributed by atoms with Crippen LogP contribution in [0.3, 0.4) is 0 Å². The first kappa shape index (κ1) is 41.7. The van der Waals surface area contributed by atoms with Crippen LogP contribution in [0.15, 0.2) is 73.2 Å². The van der Waals surface area contributed by atoms with Gasteiger partial charge >= 0.3 is 0 Å². The summed E-state index contributed by atoms with van der Waals surface area (Å²) >= 11 is 5.02. The molecule has 16 nitrogen and oxygen atoms in total. The largest absolute Gasteiger partial charge is 0.399 e. The molecule has 0 aliphatic rings. The van der Waals surface area contributed by atoms with Crippen LogP contribution in [-0.2, 0) is 31.9 Å². The zero-order valence-corrected chi connectivity index (χ0v) is 33.2. The Morgan fingerprint density at radius 2 is 1.26 bits per heavy atom. The number of nitrogen functional groups attached to an aromatic ring is 3. The number of sulfonamides is 1. The number of rotatable bonds is 11. The lowest BCUT2D eigenvalue weighted by Gasteiger charge is -2.07. The van der Waals surface area contributed by atoms with Gasteiger partial charge in [-0.15, -0.1) is 11.6 Å². The number of nitrogens with two attached hydrogens (primary N) is 3.